The first kappa shape index (κ1) is 12.2. The van der Waals surface area contributed by atoms with Gasteiger partial charge in [0.05, 0.1) is 11.8 Å². The molecule has 0 heterocycles. The van der Waals surface area contributed by atoms with E-state index in [0.717, 1.165) is 30.6 Å². The summed E-state index contributed by atoms with van der Waals surface area (Å²) in [6, 6.07) is 8.89. The van der Waals surface area contributed by atoms with Gasteiger partial charge in [-0.15, -0.1) is 0 Å². The lowest BCUT2D eigenvalue weighted by Crippen LogP contribution is -2.24. The number of anilines is 1. The van der Waals surface area contributed by atoms with E-state index in [-0.39, 0.29) is 6.10 Å². The molecule has 1 aliphatic carbocycles. The van der Waals surface area contributed by atoms with Crippen molar-refractivity contribution in [2.75, 3.05) is 18.4 Å². The Morgan fingerprint density at radius 2 is 2.00 bits per heavy atom. The number of benzene rings is 1. The Balaban J connectivity index is 1.80. The molecule has 1 fully saturated rings. The van der Waals surface area contributed by atoms with Gasteiger partial charge in [0, 0.05) is 19.1 Å². The van der Waals surface area contributed by atoms with E-state index in [1.807, 2.05) is 32.0 Å². The zero-order valence-electron chi connectivity index (χ0n) is 10.7. The second kappa shape index (κ2) is 5.92. The molecule has 3 heteroatoms. The van der Waals surface area contributed by atoms with Crippen LogP contribution in [-0.2, 0) is 0 Å². The Kier molecular flexibility index (Phi) is 4.26. The van der Waals surface area contributed by atoms with E-state index in [2.05, 4.69) is 16.7 Å². The molecule has 1 saturated carbocycles. The van der Waals surface area contributed by atoms with Crippen LogP contribution >= 0.6 is 0 Å². The van der Waals surface area contributed by atoms with Crippen molar-refractivity contribution in [3.05, 3.63) is 24.3 Å². The van der Waals surface area contributed by atoms with Crippen LogP contribution in [0.3, 0.4) is 0 Å². The highest BCUT2D eigenvalue weighted by atomic mass is 16.5. The van der Waals surface area contributed by atoms with Gasteiger partial charge in [0.1, 0.15) is 5.75 Å². The van der Waals surface area contributed by atoms with Crippen LogP contribution in [0.1, 0.15) is 26.7 Å². The summed E-state index contributed by atoms with van der Waals surface area (Å²) in [5, 5.41) is 6.90. The van der Waals surface area contributed by atoms with Crippen molar-refractivity contribution in [3.63, 3.8) is 0 Å². The van der Waals surface area contributed by atoms with Gasteiger partial charge in [-0.3, -0.25) is 0 Å². The van der Waals surface area contributed by atoms with Crippen molar-refractivity contribution in [1.82, 2.24) is 5.32 Å². The van der Waals surface area contributed by atoms with Gasteiger partial charge in [-0.1, -0.05) is 12.1 Å². The SMILES string of the molecule is CC(C)Oc1ccccc1NCCNC1CC1. The Morgan fingerprint density at radius 1 is 1.24 bits per heavy atom. The Hall–Kier alpha value is -1.22. The monoisotopic (exact) mass is 234 g/mol. The number of para-hydroxylation sites is 2. The third-order valence-electron chi connectivity index (χ3n) is 2.70. The van der Waals surface area contributed by atoms with Crippen molar-refractivity contribution in [2.45, 2.75) is 38.8 Å². The first-order valence-electron chi connectivity index (χ1n) is 6.48. The summed E-state index contributed by atoms with van der Waals surface area (Å²) in [6.45, 7) is 6.05. The van der Waals surface area contributed by atoms with Crippen molar-refractivity contribution >= 4 is 5.69 Å². The number of nitrogens with one attached hydrogen (secondary N) is 2. The lowest BCUT2D eigenvalue weighted by Gasteiger charge is -2.15. The van der Waals surface area contributed by atoms with Crippen LogP contribution in [0.25, 0.3) is 0 Å². The topological polar surface area (TPSA) is 33.3 Å². The van der Waals surface area contributed by atoms with Crippen molar-refractivity contribution in [1.29, 1.82) is 0 Å². The molecular weight excluding hydrogens is 212 g/mol. The maximum absolute atomic E-state index is 5.75. The van der Waals surface area contributed by atoms with Gasteiger partial charge in [-0.05, 0) is 38.8 Å². The highest BCUT2D eigenvalue weighted by Gasteiger charge is 2.19. The second-order valence-electron chi connectivity index (χ2n) is 4.82. The minimum absolute atomic E-state index is 0.211. The van der Waals surface area contributed by atoms with Crippen molar-refractivity contribution in [2.24, 2.45) is 0 Å². The number of rotatable bonds is 7. The molecule has 0 saturated heterocycles. The smallest absolute Gasteiger partial charge is 0.142 e. The Labute approximate surface area is 104 Å². The molecule has 3 nitrogen and oxygen atoms in total. The van der Waals surface area contributed by atoms with Gasteiger partial charge >= 0.3 is 0 Å². The fourth-order valence-electron chi connectivity index (χ4n) is 1.73. The van der Waals surface area contributed by atoms with E-state index in [1.165, 1.54) is 12.8 Å². The molecule has 0 bridgehead atoms. The van der Waals surface area contributed by atoms with Gasteiger partial charge in [0.15, 0.2) is 0 Å². The minimum Gasteiger partial charge on any atom is -0.489 e. The molecular formula is C14H22N2O. The van der Waals surface area contributed by atoms with E-state index in [9.17, 15) is 0 Å². The average Bonchev–Trinajstić information content (AvgIpc) is 3.09. The molecule has 94 valence electrons. The van der Waals surface area contributed by atoms with Crippen molar-refractivity contribution < 1.29 is 4.74 Å². The molecule has 0 unspecified atom stereocenters. The third-order valence-corrected chi connectivity index (χ3v) is 2.70. The predicted molar refractivity (Wildman–Crippen MR) is 71.7 cm³/mol. The summed E-state index contributed by atoms with van der Waals surface area (Å²) in [4.78, 5) is 0. The van der Waals surface area contributed by atoms with Gasteiger partial charge in [-0.25, -0.2) is 0 Å². The number of hydrogen-bond acceptors (Lipinski definition) is 3. The maximum Gasteiger partial charge on any atom is 0.142 e. The van der Waals surface area contributed by atoms with E-state index >= 15 is 0 Å². The summed E-state index contributed by atoms with van der Waals surface area (Å²) < 4.78 is 5.75. The van der Waals surface area contributed by atoms with Crippen LogP contribution in [0.2, 0.25) is 0 Å². The lowest BCUT2D eigenvalue weighted by molar-refractivity contribution is 0.243. The fraction of sp³-hybridized carbons (Fsp3) is 0.571. The first-order valence-corrected chi connectivity index (χ1v) is 6.48. The minimum atomic E-state index is 0.211. The van der Waals surface area contributed by atoms with Crippen molar-refractivity contribution in [3.8, 4) is 5.75 Å². The molecule has 1 aromatic carbocycles. The van der Waals surface area contributed by atoms with E-state index < -0.39 is 0 Å². The highest BCUT2D eigenvalue weighted by molar-refractivity contribution is 5.56. The molecule has 0 atom stereocenters. The van der Waals surface area contributed by atoms with Crippen LogP contribution in [-0.4, -0.2) is 25.2 Å². The zero-order chi connectivity index (χ0) is 12.1. The van der Waals surface area contributed by atoms with Gasteiger partial charge in [0.2, 0.25) is 0 Å². The van der Waals surface area contributed by atoms with E-state index in [1.54, 1.807) is 0 Å². The molecule has 1 aromatic rings. The average molecular weight is 234 g/mol. The maximum atomic E-state index is 5.75. The molecule has 2 N–H and O–H groups in total. The molecule has 1 aliphatic rings. The molecule has 0 aromatic heterocycles. The summed E-state index contributed by atoms with van der Waals surface area (Å²) >= 11 is 0. The summed E-state index contributed by atoms with van der Waals surface area (Å²) in [5.41, 5.74) is 1.08. The molecule has 0 aliphatic heterocycles. The first-order chi connectivity index (χ1) is 8.25. The zero-order valence-corrected chi connectivity index (χ0v) is 10.7. The predicted octanol–water partition coefficient (Wildman–Crippen LogP) is 2.64. The Morgan fingerprint density at radius 3 is 2.71 bits per heavy atom. The number of hydrogen-bond donors (Lipinski definition) is 2. The molecule has 0 spiro atoms. The molecule has 0 amide bonds. The summed E-state index contributed by atoms with van der Waals surface area (Å²) in [7, 11) is 0. The van der Waals surface area contributed by atoms with Gasteiger partial charge < -0.3 is 15.4 Å². The summed E-state index contributed by atoms with van der Waals surface area (Å²) in [5.74, 6) is 0.939. The van der Waals surface area contributed by atoms with Crippen LogP contribution in [0.5, 0.6) is 5.75 Å². The highest BCUT2D eigenvalue weighted by Crippen LogP contribution is 2.24. The largest absolute Gasteiger partial charge is 0.489 e. The fourth-order valence-corrected chi connectivity index (χ4v) is 1.73. The summed E-state index contributed by atoms with van der Waals surface area (Å²) in [6.07, 6.45) is 2.89. The van der Waals surface area contributed by atoms with Gasteiger partial charge in [-0.2, -0.15) is 0 Å². The third kappa shape index (κ3) is 4.27. The molecule has 2 rings (SSSR count). The molecule has 0 radical (unpaired) electrons. The normalized spacial score (nSPS) is 15.0. The molecule has 17 heavy (non-hydrogen) atoms. The van der Waals surface area contributed by atoms with Crippen LogP contribution < -0.4 is 15.4 Å². The van der Waals surface area contributed by atoms with Crippen LogP contribution in [0.15, 0.2) is 24.3 Å². The second-order valence-corrected chi connectivity index (χ2v) is 4.82. The Bertz CT molecular complexity index is 348. The lowest BCUT2D eigenvalue weighted by atomic mass is 10.3. The van der Waals surface area contributed by atoms with E-state index in [4.69, 9.17) is 4.74 Å². The standard InChI is InChI=1S/C14H22N2O/c1-11(2)17-14-6-4-3-5-13(14)16-10-9-15-12-7-8-12/h3-6,11-12,15-16H,7-10H2,1-2H3. The quantitative estimate of drug-likeness (QED) is 0.712. The van der Waals surface area contributed by atoms with Crippen LogP contribution in [0.4, 0.5) is 5.69 Å². The van der Waals surface area contributed by atoms with Crippen LogP contribution in [0, 0.1) is 0 Å². The van der Waals surface area contributed by atoms with Gasteiger partial charge in [0.25, 0.3) is 0 Å². The number of ether oxygens (including phenoxy) is 1. The van der Waals surface area contributed by atoms with E-state index in [0.29, 0.717) is 0 Å².